The Morgan fingerprint density at radius 2 is 2.15 bits per heavy atom. The molecule has 3 heteroatoms. The Balaban J connectivity index is 2.85. The van der Waals surface area contributed by atoms with Gasteiger partial charge in [0.25, 0.3) is 0 Å². The van der Waals surface area contributed by atoms with Gasteiger partial charge in [-0.2, -0.15) is 0 Å². The van der Waals surface area contributed by atoms with Crippen LogP contribution in [0.5, 0.6) is 5.75 Å². The molecule has 72 valence electrons. The van der Waals surface area contributed by atoms with Crippen molar-refractivity contribution in [1.29, 1.82) is 0 Å². The van der Waals surface area contributed by atoms with Gasteiger partial charge in [0, 0.05) is 18.2 Å². The zero-order valence-electron chi connectivity index (χ0n) is 7.73. The van der Waals surface area contributed by atoms with E-state index in [1.807, 2.05) is 24.3 Å². The van der Waals surface area contributed by atoms with Crippen LogP contribution in [-0.2, 0) is 0 Å². The predicted molar refractivity (Wildman–Crippen MR) is 51.6 cm³/mol. The van der Waals surface area contributed by atoms with Crippen molar-refractivity contribution >= 4 is 0 Å². The largest absolute Gasteiger partial charge is 0.496 e. The van der Waals surface area contributed by atoms with Gasteiger partial charge < -0.3 is 15.6 Å². The molecular formula is C10H15NO2. The Kier molecular flexibility index (Phi) is 3.73. The Morgan fingerprint density at radius 3 is 2.77 bits per heavy atom. The number of benzene rings is 1. The summed E-state index contributed by atoms with van der Waals surface area (Å²) < 4.78 is 5.15. The fraction of sp³-hybridized carbons (Fsp3) is 0.400. The molecule has 1 atom stereocenters. The van der Waals surface area contributed by atoms with Gasteiger partial charge in [-0.1, -0.05) is 18.2 Å². The molecular weight excluding hydrogens is 166 g/mol. The summed E-state index contributed by atoms with van der Waals surface area (Å²) in [5.41, 5.74) is 6.79. The van der Waals surface area contributed by atoms with Crippen molar-refractivity contribution in [2.45, 2.75) is 12.5 Å². The number of hydrogen-bond donors (Lipinski definition) is 2. The second-order valence-corrected chi connectivity index (χ2v) is 2.86. The van der Waals surface area contributed by atoms with Crippen molar-refractivity contribution in [3.05, 3.63) is 29.8 Å². The van der Waals surface area contributed by atoms with E-state index >= 15 is 0 Å². The van der Waals surface area contributed by atoms with E-state index in [-0.39, 0.29) is 12.6 Å². The van der Waals surface area contributed by atoms with E-state index < -0.39 is 0 Å². The van der Waals surface area contributed by atoms with Crippen LogP contribution < -0.4 is 10.5 Å². The number of para-hydroxylation sites is 1. The number of hydrogen-bond acceptors (Lipinski definition) is 3. The lowest BCUT2D eigenvalue weighted by molar-refractivity contribution is 0.275. The first kappa shape index (κ1) is 10.0. The second kappa shape index (κ2) is 4.84. The molecule has 1 rings (SSSR count). The van der Waals surface area contributed by atoms with Crippen molar-refractivity contribution in [3.8, 4) is 5.75 Å². The van der Waals surface area contributed by atoms with E-state index in [0.29, 0.717) is 6.42 Å². The van der Waals surface area contributed by atoms with Crippen molar-refractivity contribution in [1.82, 2.24) is 0 Å². The van der Waals surface area contributed by atoms with Crippen molar-refractivity contribution in [2.24, 2.45) is 5.73 Å². The summed E-state index contributed by atoms with van der Waals surface area (Å²) >= 11 is 0. The van der Waals surface area contributed by atoms with Gasteiger partial charge in [-0.25, -0.2) is 0 Å². The molecule has 0 fully saturated rings. The molecule has 13 heavy (non-hydrogen) atoms. The zero-order valence-corrected chi connectivity index (χ0v) is 7.73. The Hall–Kier alpha value is -1.06. The standard InChI is InChI=1S/C10H15NO2/c1-13-10-5-3-2-4-8(10)9(11)6-7-12/h2-5,9,12H,6-7,11H2,1H3/t9-/m0/s1. The van der Waals surface area contributed by atoms with Gasteiger partial charge >= 0.3 is 0 Å². The van der Waals surface area contributed by atoms with Gasteiger partial charge in [0.15, 0.2) is 0 Å². The Labute approximate surface area is 78.1 Å². The molecule has 0 aliphatic carbocycles. The van der Waals surface area contributed by atoms with Gasteiger partial charge in [-0.3, -0.25) is 0 Å². The van der Waals surface area contributed by atoms with E-state index in [0.717, 1.165) is 11.3 Å². The molecule has 0 saturated carbocycles. The highest BCUT2D eigenvalue weighted by Crippen LogP contribution is 2.24. The number of rotatable bonds is 4. The quantitative estimate of drug-likeness (QED) is 0.730. The topological polar surface area (TPSA) is 55.5 Å². The molecule has 0 aliphatic heterocycles. The molecule has 0 spiro atoms. The molecule has 3 N–H and O–H groups in total. The third kappa shape index (κ3) is 2.44. The summed E-state index contributed by atoms with van der Waals surface area (Å²) in [4.78, 5) is 0. The molecule has 0 bridgehead atoms. The normalized spacial score (nSPS) is 12.5. The monoisotopic (exact) mass is 181 g/mol. The maximum absolute atomic E-state index is 8.74. The van der Waals surface area contributed by atoms with Crippen LogP contribution in [0.15, 0.2) is 24.3 Å². The highest BCUT2D eigenvalue weighted by atomic mass is 16.5. The summed E-state index contributed by atoms with van der Waals surface area (Å²) in [6.07, 6.45) is 0.556. The maximum Gasteiger partial charge on any atom is 0.123 e. The minimum atomic E-state index is -0.152. The SMILES string of the molecule is COc1ccccc1[C@@H](N)CCO. The van der Waals surface area contributed by atoms with Crippen LogP contribution in [-0.4, -0.2) is 18.8 Å². The predicted octanol–water partition coefficient (Wildman–Crippen LogP) is 1.08. The molecule has 0 radical (unpaired) electrons. The van der Waals surface area contributed by atoms with Crippen LogP contribution in [0.2, 0.25) is 0 Å². The summed E-state index contributed by atoms with van der Waals surface area (Å²) in [5, 5.41) is 8.74. The van der Waals surface area contributed by atoms with Crippen LogP contribution in [0, 0.1) is 0 Å². The number of methoxy groups -OCH3 is 1. The first-order chi connectivity index (χ1) is 6.29. The second-order valence-electron chi connectivity index (χ2n) is 2.86. The first-order valence-electron chi connectivity index (χ1n) is 4.29. The fourth-order valence-corrected chi connectivity index (χ4v) is 1.27. The number of ether oxygens (including phenoxy) is 1. The summed E-state index contributed by atoms with van der Waals surface area (Å²) in [7, 11) is 1.62. The molecule has 0 heterocycles. The van der Waals surface area contributed by atoms with E-state index in [9.17, 15) is 0 Å². The Bertz CT molecular complexity index is 263. The molecule has 1 aromatic carbocycles. The molecule has 0 aliphatic rings. The minimum absolute atomic E-state index is 0.0964. The molecule has 0 saturated heterocycles. The number of aliphatic hydroxyl groups is 1. The van der Waals surface area contributed by atoms with E-state index in [2.05, 4.69) is 0 Å². The fourth-order valence-electron chi connectivity index (χ4n) is 1.27. The molecule has 3 nitrogen and oxygen atoms in total. The summed E-state index contributed by atoms with van der Waals surface area (Å²) in [5.74, 6) is 0.781. The van der Waals surface area contributed by atoms with Gasteiger partial charge in [0.1, 0.15) is 5.75 Å². The van der Waals surface area contributed by atoms with Crippen molar-refractivity contribution < 1.29 is 9.84 Å². The molecule has 1 aromatic rings. The average molecular weight is 181 g/mol. The Morgan fingerprint density at radius 1 is 1.46 bits per heavy atom. The van der Waals surface area contributed by atoms with Crippen LogP contribution in [0.3, 0.4) is 0 Å². The van der Waals surface area contributed by atoms with Crippen molar-refractivity contribution in [3.63, 3.8) is 0 Å². The van der Waals surface area contributed by atoms with E-state index in [4.69, 9.17) is 15.6 Å². The van der Waals surface area contributed by atoms with E-state index in [1.165, 1.54) is 0 Å². The first-order valence-corrected chi connectivity index (χ1v) is 4.29. The average Bonchev–Trinajstić information content (AvgIpc) is 2.18. The highest BCUT2D eigenvalue weighted by Gasteiger charge is 2.09. The van der Waals surface area contributed by atoms with Gasteiger partial charge in [0.05, 0.1) is 7.11 Å². The van der Waals surface area contributed by atoms with Crippen LogP contribution in [0.25, 0.3) is 0 Å². The lowest BCUT2D eigenvalue weighted by Gasteiger charge is -2.13. The van der Waals surface area contributed by atoms with E-state index in [1.54, 1.807) is 7.11 Å². The van der Waals surface area contributed by atoms with Crippen molar-refractivity contribution in [2.75, 3.05) is 13.7 Å². The third-order valence-electron chi connectivity index (χ3n) is 1.98. The van der Waals surface area contributed by atoms with Crippen LogP contribution in [0.1, 0.15) is 18.0 Å². The molecule has 0 amide bonds. The third-order valence-corrected chi connectivity index (χ3v) is 1.98. The zero-order chi connectivity index (χ0) is 9.68. The molecule has 0 aromatic heterocycles. The van der Waals surface area contributed by atoms with Crippen LogP contribution in [0.4, 0.5) is 0 Å². The lowest BCUT2D eigenvalue weighted by atomic mass is 10.0. The maximum atomic E-state index is 8.74. The smallest absolute Gasteiger partial charge is 0.123 e. The van der Waals surface area contributed by atoms with Gasteiger partial charge in [-0.05, 0) is 12.5 Å². The molecule has 0 unspecified atom stereocenters. The van der Waals surface area contributed by atoms with Gasteiger partial charge in [-0.15, -0.1) is 0 Å². The minimum Gasteiger partial charge on any atom is -0.496 e. The van der Waals surface area contributed by atoms with Gasteiger partial charge in [0.2, 0.25) is 0 Å². The summed E-state index contributed by atoms with van der Waals surface area (Å²) in [6.45, 7) is 0.0964. The highest BCUT2D eigenvalue weighted by molar-refractivity contribution is 5.35. The van der Waals surface area contributed by atoms with Crippen LogP contribution >= 0.6 is 0 Å². The lowest BCUT2D eigenvalue weighted by Crippen LogP contribution is -2.12. The number of nitrogens with two attached hydrogens (primary N) is 1. The number of aliphatic hydroxyl groups excluding tert-OH is 1. The summed E-state index contributed by atoms with van der Waals surface area (Å²) in [6, 6.07) is 7.44.